The minimum absolute atomic E-state index is 0.258. The fraction of sp³-hybridized carbons (Fsp3) is 0.400. The Bertz CT molecular complexity index is 708. The second-order valence-corrected chi connectivity index (χ2v) is 6.73. The molecule has 0 aromatic heterocycles. The smallest absolute Gasteiger partial charge is 0.123 e. The average molecular weight is 361 g/mol. The third-order valence-electron chi connectivity index (χ3n) is 4.71. The molecule has 4 nitrogen and oxygen atoms in total. The van der Waals surface area contributed by atoms with Gasteiger partial charge in [0.25, 0.3) is 0 Å². The molecule has 2 aromatic rings. The molecule has 0 amide bonds. The summed E-state index contributed by atoms with van der Waals surface area (Å²) >= 11 is 6.14. The molecule has 1 heterocycles. The SMILES string of the molecule is COc1cccc(C2NCCCC2NCc2cc(Cl)ccc2OC)c1. The lowest BCUT2D eigenvalue weighted by atomic mass is 9.92. The van der Waals surface area contributed by atoms with Crippen LogP contribution in [0.2, 0.25) is 5.02 Å². The number of hydrogen-bond acceptors (Lipinski definition) is 4. The monoisotopic (exact) mass is 360 g/mol. The Morgan fingerprint density at radius 1 is 1.16 bits per heavy atom. The van der Waals surface area contributed by atoms with Crippen LogP contribution in [0.4, 0.5) is 0 Å². The molecule has 1 fully saturated rings. The van der Waals surface area contributed by atoms with Crippen molar-refractivity contribution < 1.29 is 9.47 Å². The van der Waals surface area contributed by atoms with Crippen molar-refractivity contribution in [2.75, 3.05) is 20.8 Å². The number of methoxy groups -OCH3 is 2. The lowest BCUT2D eigenvalue weighted by Crippen LogP contribution is -2.45. The maximum Gasteiger partial charge on any atom is 0.123 e. The number of ether oxygens (including phenoxy) is 2. The normalized spacial score (nSPS) is 20.3. The van der Waals surface area contributed by atoms with Crippen LogP contribution in [0, 0.1) is 0 Å². The van der Waals surface area contributed by atoms with Crippen LogP contribution in [0.25, 0.3) is 0 Å². The van der Waals surface area contributed by atoms with E-state index in [-0.39, 0.29) is 6.04 Å². The first kappa shape index (κ1) is 18.1. The summed E-state index contributed by atoms with van der Waals surface area (Å²) in [5.74, 6) is 1.75. The maximum atomic E-state index is 6.14. The number of rotatable bonds is 6. The molecule has 0 radical (unpaired) electrons. The van der Waals surface area contributed by atoms with Gasteiger partial charge in [0.15, 0.2) is 0 Å². The van der Waals surface area contributed by atoms with Gasteiger partial charge in [-0.25, -0.2) is 0 Å². The largest absolute Gasteiger partial charge is 0.497 e. The van der Waals surface area contributed by atoms with Crippen LogP contribution in [0.1, 0.15) is 30.0 Å². The molecule has 0 aliphatic carbocycles. The Hall–Kier alpha value is -1.75. The molecule has 5 heteroatoms. The quantitative estimate of drug-likeness (QED) is 0.818. The van der Waals surface area contributed by atoms with Crippen molar-refractivity contribution in [2.45, 2.75) is 31.5 Å². The van der Waals surface area contributed by atoms with Gasteiger partial charge < -0.3 is 20.1 Å². The zero-order valence-corrected chi connectivity index (χ0v) is 15.5. The fourth-order valence-electron chi connectivity index (χ4n) is 3.42. The van der Waals surface area contributed by atoms with Crippen LogP contribution < -0.4 is 20.1 Å². The molecule has 0 spiro atoms. The van der Waals surface area contributed by atoms with Gasteiger partial charge >= 0.3 is 0 Å². The predicted octanol–water partition coefficient (Wildman–Crippen LogP) is 3.94. The molecule has 0 saturated carbocycles. The van der Waals surface area contributed by atoms with Gasteiger partial charge in [-0.15, -0.1) is 0 Å². The average Bonchev–Trinajstić information content (AvgIpc) is 2.66. The van der Waals surface area contributed by atoms with E-state index in [1.54, 1.807) is 14.2 Å². The van der Waals surface area contributed by atoms with Gasteiger partial charge in [0.1, 0.15) is 11.5 Å². The highest BCUT2D eigenvalue weighted by Crippen LogP contribution is 2.28. The van der Waals surface area contributed by atoms with Gasteiger partial charge in [-0.05, 0) is 55.3 Å². The van der Waals surface area contributed by atoms with Crippen LogP contribution in [-0.4, -0.2) is 26.8 Å². The van der Waals surface area contributed by atoms with Crippen molar-refractivity contribution in [3.63, 3.8) is 0 Å². The zero-order valence-electron chi connectivity index (χ0n) is 14.7. The van der Waals surface area contributed by atoms with Gasteiger partial charge in [-0.3, -0.25) is 0 Å². The third-order valence-corrected chi connectivity index (χ3v) is 4.94. The van der Waals surface area contributed by atoms with Crippen molar-refractivity contribution >= 4 is 11.6 Å². The third kappa shape index (κ3) is 4.46. The molecular weight excluding hydrogens is 336 g/mol. The highest BCUT2D eigenvalue weighted by Gasteiger charge is 2.26. The Morgan fingerprint density at radius 3 is 2.84 bits per heavy atom. The van der Waals surface area contributed by atoms with Gasteiger partial charge in [-0.2, -0.15) is 0 Å². The number of halogens is 1. The fourth-order valence-corrected chi connectivity index (χ4v) is 3.61. The van der Waals surface area contributed by atoms with Crippen LogP contribution in [0.3, 0.4) is 0 Å². The molecule has 3 rings (SSSR count). The molecule has 2 unspecified atom stereocenters. The molecule has 25 heavy (non-hydrogen) atoms. The Kier molecular flexibility index (Phi) is 6.19. The molecule has 2 N–H and O–H groups in total. The summed E-state index contributed by atoms with van der Waals surface area (Å²) in [5, 5.41) is 8.05. The summed E-state index contributed by atoms with van der Waals surface area (Å²) in [5.41, 5.74) is 2.32. The Labute approximate surface area is 154 Å². The lowest BCUT2D eigenvalue weighted by Gasteiger charge is -2.34. The van der Waals surface area contributed by atoms with E-state index >= 15 is 0 Å². The highest BCUT2D eigenvalue weighted by molar-refractivity contribution is 6.30. The van der Waals surface area contributed by atoms with Crippen molar-refractivity contribution in [2.24, 2.45) is 0 Å². The number of benzene rings is 2. The predicted molar refractivity (Wildman–Crippen MR) is 102 cm³/mol. The minimum atomic E-state index is 0.258. The lowest BCUT2D eigenvalue weighted by molar-refractivity contribution is 0.302. The molecule has 0 bridgehead atoms. The number of piperidine rings is 1. The maximum absolute atomic E-state index is 6.14. The summed E-state index contributed by atoms with van der Waals surface area (Å²) < 4.78 is 10.8. The summed E-state index contributed by atoms with van der Waals surface area (Å²) in [6.45, 7) is 1.75. The van der Waals surface area contributed by atoms with E-state index in [0.717, 1.165) is 48.0 Å². The van der Waals surface area contributed by atoms with Crippen molar-refractivity contribution in [3.05, 3.63) is 58.6 Å². The van der Waals surface area contributed by atoms with E-state index in [1.165, 1.54) is 5.56 Å². The van der Waals surface area contributed by atoms with Crippen molar-refractivity contribution in [1.29, 1.82) is 0 Å². The first-order chi connectivity index (χ1) is 12.2. The van der Waals surface area contributed by atoms with Gasteiger partial charge in [0.2, 0.25) is 0 Å². The van der Waals surface area contributed by atoms with E-state index in [0.29, 0.717) is 6.04 Å². The van der Waals surface area contributed by atoms with Crippen LogP contribution in [0.15, 0.2) is 42.5 Å². The molecule has 2 atom stereocenters. The molecule has 1 aliphatic heterocycles. The molecule has 134 valence electrons. The summed E-state index contributed by atoms with van der Waals surface area (Å²) in [6, 6.07) is 14.6. The van der Waals surface area contributed by atoms with Crippen molar-refractivity contribution in [3.8, 4) is 11.5 Å². The van der Waals surface area contributed by atoms with E-state index in [1.807, 2.05) is 30.3 Å². The second-order valence-electron chi connectivity index (χ2n) is 6.29. The Balaban J connectivity index is 1.74. The molecule has 2 aromatic carbocycles. The van der Waals surface area contributed by atoms with Crippen LogP contribution in [-0.2, 0) is 6.54 Å². The van der Waals surface area contributed by atoms with Crippen molar-refractivity contribution in [1.82, 2.24) is 10.6 Å². The first-order valence-corrected chi connectivity index (χ1v) is 9.02. The summed E-state index contributed by atoms with van der Waals surface area (Å²) in [4.78, 5) is 0. The van der Waals surface area contributed by atoms with Gasteiger partial charge in [0, 0.05) is 29.2 Å². The molecule has 1 aliphatic rings. The highest BCUT2D eigenvalue weighted by atomic mass is 35.5. The van der Waals surface area contributed by atoms with Crippen LogP contribution in [0.5, 0.6) is 11.5 Å². The summed E-state index contributed by atoms with van der Waals surface area (Å²) in [6.07, 6.45) is 2.28. The zero-order chi connectivity index (χ0) is 17.6. The number of nitrogens with one attached hydrogen (secondary N) is 2. The first-order valence-electron chi connectivity index (χ1n) is 8.64. The van der Waals surface area contributed by atoms with E-state index in [9.17, 15) is 0 Å². The van der Waals surface area contributed by atoms with Crippen LogP contribution >= 0.6 is 11.6 Å². The van der Waals surface area contributed by atoms with Gasteiger partial charge in [-0.1, -0.05) is 23.7 Å². The van der Waals surface area contributed by atoms with E-state index in [4.69, 9.17) is 21.1 Å². The minimum Gasteiger partial charge on any atom is -0.497 e. The van der Waals surface area contributed by atoms with E-state index in [2.05, 4.69) is 22.8 Å². The van der Waals surface area contributed by atoms with E-state index < -0.39 is 0 Å². The second kappa shape index (κ2) is 8.56. The molecular formula is C20H25ClN2O2. The summed E-state index contributed by atoms with van der Waals surface area (Å²) in [7, 11) is 3.39. The van der Waals surface area contributed by atoms with Gasteiger partial charge in [0.05, 0.1) is 14.2 Å². The Morgan fingerprint density at radius 2 is 2.04 bits per heavy atom. The topological polar surface area (TPSA) is 42.5 Å². The molecule has 1 saturated heterocycles. The standard InChI is InChI=1S/C20H25ClN2O2/c1-24-17-6-3-5-14(12-17)20-18(7-4-10-22-20)23-13-15-11-16(21)8-9-19(15)25-2/h3,5-6,8-9,11-12,18,20,22-23H,4,7,10,13H2,1-2H3. The number of hydrogen-bond donors (Lipinski definition) is 2.